The van der Waals surface area contributed by atoms with Crippen molar-refractivity contribution < 1.29 is 37.1 Å². The average Bonchev–Trinajstić information content (AvgIpc) is 3.08. The molecule has 1 N–H and O–H groups in total. The average molecular weight is 635 g/mol. The highest BCUT2D eigenvalue weighted by atomic mass is 35.5. The predicted octanol–water partition coefficient (Wildman–Crippen LogP) is 7.17. The largest absolute Gasteiger partial charge is 0.454 e. The van der Waals surface area contributed by atoms with Crippen LogP contribution in [0.15, 0.2) is 18.2 Å². The molecular formula is C23H16Cl5F3N2O5. The number of amides is 3. The molecule has 1 aliphatic heterocycles. The minimum absolute atomic E-state index is 0.0674. The fourth-order valence-electron chi connectivity index (χ4n) is 3.62. The number of ether oxygens (including phenoxy) is 1. The molecule has 0 saturated heterocycles. The lowest BCUT2D eigenvalue weighted by atomic mass is 10.0. The summed E-state index contributed by atoms with van der Waals surface area (Å²) in [5, 5.41) is 0.770. The van der Waals surface area contributed by atoms with Gasteiger partial charge in [0.05, 0.1) is 47.5 Å². The molecule has 0 spiro atoms. The maximum Gasteiger partial charge on any atom is 0.416 e. The fraction of sp³-hybridized carbons (Fsp3) is 0.304. The molecule has 0 aliphatic carbocycles. The standard InChI is InChI=1S/C23H16Cl5F3N2O5/c1-8(2)5-12(33-20(35)14-15(21(33)36)17(26)19(28)18(27)16(14)25)22(37)38-7-13(34)32-11-6-9(23(29,30)31)3-4-10(11)24/h3-4,6,8,12H,5,7H2,1-2H3,(H,32,34)/t12-/m0/s1. The van der Waals surface area contributed by atoms with Crippen LogP contribution in [0.3, 0.4) is 0 Å². The molecule has 1 atom stereocenters. The lowest BCUT2D eigenvalue weighted by Crippen LogP contribution is -2.47. The van der Waals surface area contributed by atoms with Crippen LogP contribution in [0.5, 0.6) is 0 Å². The van der Waals surface area contributed by atoms with E-state index in [2.05, 4.69) is 5.32 Å². The molecule has 7 nitrogen and oxygen atoms in total. The zero-order valence-corrected chi connectivity index (χ0v) is 23.1. The Labute approximate surface area is 239 Å². The van der Waals surface area contributed by atoms with Crippen molar-refractivity contribution in [3.05, 3.63) is 60.0 Å². The number of hydrogen-bond acceptors (Lipinski definition) is 5. The number of nitrogens with zero attached hydrogens (tertiary/aromatic N) is 1. The molecule has 1 aliphatic rings. The molecule has 38 heavy (non-hydrogen) atoms. The van der Waals surface area contributed by atoms with Gasteiger partial charge in [-0.3, -0.25) is 19.3 Å². The molecule has 0 fully saturated rings. The van der Waals surface area contributed by atoms with Crippen molar-refractivity contribution >= 4 is 87.4 Å². The van der Waals surface area contributed by atoms with Crippen molar-refractivity contribution in [3.63, 3.8) is 0 Å². The van der Waals surface area contributed by atoms with Crippen molar-refractivity contribution in [3.8, 4) is 0 Å². The van der Waals surface area contributed by atoms with Gasteiger partial charge < -0.3 is 10.1 Å². The third-order valence-corrected chi connectivity index (χ3v) is 7.46. The van der Waals surface area contributed by atoms with E-state index in [1.165, 1.54) is 0 Å². The van der Waals surface area contributed by atoms with E-state index in [1.807, 2.05) is 0 Å². The molecule has 204 valence electrons. The first-order valence-corrected chi connectivity index (χ1v) is 12.5. The number of hydrogen-bond donors (Lipinski definition) is 1. The van der Waals surface area contributed by atoms with Crippen molar-refractivity contribution in [1.29, 1.82) is 0 Å². The Kier molecular flexibility index (Phi) is 9.15. The van der Waals surface area contributed by atoms with Crippen LogP contribution in [0.1, 0.15) is 46.5 Å². The molecule has 15 heteroatoms. The SMILES string of the molecule is CC(C)C[C@@H](C(=O)OCC(=O)Nc1cc(C(F)(F)F)ccc1Cl)N1C(=O)c2c(Cl)c(Cl)c(Cl)c(Cl)c2C1=O. The van der Waals surface area contributed by atoms with Crippen LogP contribution in [0.2, 0.25) is 25.1 Å². The third kappa shape index (κ3) is 5.99. The molecule has 0 bridgehead atoms. The van der Waals surface area contributed by atoms with Gasteiger partial charge in [0.2, 0.25) is 0 Å². The number of fused-ring (bicyclic) bond motifs is 1. The lowest BCUT2D eigenvalue weighted by Gasteiger charge is -2.26. The summed E-state index contributed by atoms with van der Waals surface area (Å²) in [5.41, 5.74) is -2.10. The predicted molar refractivity (Wildman–Crippen MR) is 136 cm³/mol. The highest BCUT2D eigenvalue weighted by Crippen LogP contribution is 2.45. The number of imide groups is 1. The number of anilines is 1. The molecule has 0 radical (unpaired) electrons. The Hall–Kier alpha value is -2.24. The Morgan fingerprint density at radius 1 is 0.947 bits per heavy atom. The van der Waals surface area contributed by atoms with Gasteiger partial charge in [0.15, 0.2) is 6.61 Å². The summed E-state index contributed by atoms with van der Waals surface area (Å²) in [6.45, 7) is 2.45. The lowest BCUT2D eigenvalue weighted by molar-refractivity contribution is -0.151. The number of benzene rings is 2. The Bertz CT molecular complexity index is 1300. The minimum atomic E-state index is -4.69. The van der Waals surface area contributed by atoms with Crippen LogP contribution < -0.4 is 5.32 Å². The second kappa shape index (κ2) is 11.5. The molecule has 0 saturated carbocycles. The van der Waals surface area contributed by atoms with E-state index in [9.17, 15) is 32.3 Å². The van der Waals surface area contributed by atoms with Crippen molar-refractivity contribution in [2.24, 2.45) is 5.92 Å². The van der Waals surface area contributed by atoms with Gasteiger partial charge in [-0.2, -0.15) is 13.2 Å². The highest BCUT2D eigenvalue weighted by molar-refractivity contribution is 6.55. The second-order valence-electron chi connectivity index (χ2n) is 8.48. The van der Waals surface area contributed by atoms with E-state index in [1.54, 1.807) is 13.8 Å². The van der Waals surface area contributed by atoms with Gasteiger partial charge in [0.25, 0.3) is 17.7 Å². The zero-order valence-electron chi connectivity index (χ0n) is 19.3. The molecule has 3 rings (SSSR count). The van der Waals surface area contributed by atoms with Crippen LogP contribution in [0.25, 0.3) is 0 Å². The summed E-state index contributed by atoms with van der Waals surface area (Å²) in [4.78, 5) is 52.2. The van der Waals surface area contributed by atoms with E-state index >= 15 is 0 Å². The maximum atomic E-state index is 13.2. The topological polar surface area (TPSA) is 92.8 Å². The van der Waals surface area contributed by atoms with Crippen LogP contribution in [0, 0.1) is 5.92 Å². The first-order chi connectivity index (χ1) is 17.6. The molecule has 3 amide bonds. The van der Waals surface area contributed by atoms with E-state index in [0.29, 0.717) is 11.0 Å². The number of alkyl halides is 3. The third-order valence-electron chi connectivity index (χ3n) is 5.32. The van der Waals surface area contributed by atoms with Crippen molar-refractivity contribution in [2.45, 2.75) is 32.5 Å². The van der Waals surface area contributed by atoms with Gasteiger partial charge in [-0.25, -0.2) is 4.79 Å². The van der Waals surface area contributed by atoms with E-state index < -0.39 is 48.1 Å². The van der Waals surface area contributed by atoms with Crippen molar-refractivity contribution in [2.75, 3.05) is 11.9 Å². The first-order valence-electron chi connectivity index (χ1n) is 10.6. The number of esters is 1. The number of halogens is 8. The second-order valence-corrected chi connectivity index (χ2v) is 10.4. The quantitative estimate of drug-likeness (QED) is 0.151. The Morgan fingerprint density at radius 3 is 1.95 bits per heavy atom. The van der Waals surface area contributed by atoms with Gasteiger partial charge in [-0.15, -0.1) is 0 Å². The van der Waals surface area contributed by atoms with Gasteiger partial charge in [0, 0.05) is 0 Å². The number of carbonyl (C=O) groups excluding carboxylic acids is 4. The van der Waals surface area contributed by atoms with Gasteiger partial charge >= 0.3 is 12.1 Å². The number of rotatable bonds is 7. The molecule has 0 unspecified atom stereocenters. The van der Waals surface area contributed by atoms with Crippen LogP contribution >= 0.6 is 58.0 Å². The number of carbonyl (C=O) groups is 4. The molecule has 2 aromatic rings. The van der Waals surface area contributed by atoms with E-state index in [4.69, 9.17) is 62.7 Å². The summed E-state index contributed by atoms with van der Waals surface area (Å²) in [6, 6.07) is 0.792. The van der Waals surface area contributed by atoms with Gasteiger partial charge in [0.1, 0.15) is 6.04 Å². The normalized spacial score (nSPS) is 14.1. The van der Waals surface area contributed by atoms with E-state index in [0.717, 1.165) is 12.1 Å². The highest BCUT2D eigenvalue weighted by Gasteiger charge is 2.47. The summed E-state index contributed by atoms with van der Waals surface area (Å²) in [6.07, 6.45) is -4.75. The summed E-state index contributed by atoms with van der Waals surface area (Å²) in [7, 11) is 0. The molecule has 0 aromatic heterocycles. The first kappa shape index (κ1) is 30.3. The van der Waals surface area contributed by atoms with E-state index in [-0.39, 0.29) is 54.3 Å². The number of nitrogens with one attached hydrogen (secondary N) is 1. The van der Waals surface area contributed by atoms with Gasteiger partial charge in [-0.05, 0) is 30.5 Å². The minimum Gasteiger partial charge on any atom is -0.454 e. The van der Waals surface area contributed by atoms with Crippen LogP contribution in [-0.2, 0) is 20.5 Å². The summed E-state index contributed by atoms with van der Waals surface area (Å²) in [5.74, 6) is -4.35. The monoisotopic (exact) mass is 632 g/mol. The molecular weight excluding hydrogens is 619 g/mol. The molecule has 2 aromatic carbocycles. The van der Waals surface area contributed by atoms with Crippen LogP contribution in [-0.4, -0.2) is 41.2 Å². The van der Waals surface area contributed by atoms with Crippen LogP contribution in [0.4, 0.5) is 18.9 Å². The summed E-state index contributed by atoms with van der Waals surface area (Å²) >= 11 is 30.2. The maximum absolute atomic E-state index is 13.2. The van der Waals surface area contributed by atoms with Gasteiger partial charge in [-0.1, -0.05) is 71.9 Å². The Morgan fingerprint density at radius 2 is 1.47 bits per heavy atom. The molecule has 1 heterocycles. The van der Waals surface area contributed by atoms with Crippen molar-refractivity contribution in [1.82, 2.24) is 4.90 Å². The fourth-order valence-corrected chi connectivity index (χ4v) is 4.80. The zero-order chi connectivity index (χ0) is 28.7. The smallest absolute Gasteiger partial charge is 0.416 e. The Balaban J connectivity index is 1.81. The summed E-state index contributed by atoms with van der Waals surface area (Å²) < 4.78 is 43.9.